The molecule has 3 aliphatic heterocycles. The van der Waals surface area contributed by atoms with Crippen molar-refractivity contribution in [3.63, 3.8) is 0 Å². The second-order valence-electron chi connectivity index (χ2n) is 9.33. The summed E-state index contributed by atoms with van der Waals surface area (Å²) < 4.78 is 0. The van der Waals surface area contributed by atoms with Crippen molar-refractivity contribution < 1.29 is 14.4 Å². The average Bonchev–Trinajstić information content (AvgIpc) is 3.15. The Balaban J connectivity index is 1.18. The molecule has 174 valence electrons. The van der Waals surface area contributed by atoms with Gasteiger partial charge in [-0.3, -0.25) is 24.6 Å². The van der Waals surface area contributed by atoms with Crippen LogP contribution in [0.1, 0.15) is 52.7 Å². The van der Waals surface area contributed by atoms with Gasteiger partial charge in [0.1, 0.15) is 6.04 Å². The molecule has 3 aliphatic rings. The first kappa shape index (κ1) is 22.2. The van der Waals surface area contributed by atoms with Gasteiger partial charge in [-0.05, 0) is 73.8 Å². The molecule has 2 fully saturated rings. The lowest BCUT2D eigenvalue weighted by atomic mass is 9.96. The molecule has 0 aliphatic carbocycles. The highest BCUT2D eigenvalue weighted by molar-refractivity contribution is 6.05. The summed E-state index contributed by atoms with van der Waals surface area (Å²) in [5.41, 5.74) is 10.2. The molecule has 0 radical (unpaired) electrons. The number of carbonyl (C=O) groups excluding carboxylic acids is 3. The Kier molecular flexibility index (Phi) is 6.08. The number of nitrogen functional groups attached to an aromatic ring is 1. The summed E-state index contributed by atoms with van der Waals surface area (Å²) in [6.45, 7) is 3.34. The van der Waals surface area contributed by atoms with E-state index in [0.717, 1.165) is 49.3 Å². The summed E-state index contributed by atoms with van der Waals surface area (Å²) in [6, 6.07) is 13.1. The smallest absolute Gasteiger partial charge is 0.255 e. The summed E-state index contributed by atoms with van der Waals surface area (Å²) in [5, 5.41) is 2.34. The lowest BCUT2D eigenvalue weighted by Gasteiger charge is -2.29. The minimum absolute atomic E-state index is 0.155. The lowest BCUT2D eigenvalue weighted by molar-refractivity contribution is -0.136. The van der Waals surface area contributed by atoms with Crippen molar-refractivity contribution in [3.8, 4) is 11.8 Å². The number of likely N-dealkylation sites (tertiary alicyclic amines) is 1. The average molecular weight is 457 g/mol. The van der Waals surface area contributed by atoms with Crippen LogP contribution in [0.2, 0.25) is 0 Å². The molecular formula is C27H28N4O3. The van der Waals surface area contributed by atoms with Gasteiger partial charge in [-0.25, -0.2) is 0 Å². The van der Waals surface area contributed by atoms with E-state index in [1.807, 2.05) is 30.3 Å². The molecule has 3 heterocycles. The van der Waals surface area contributed by atoms with Crippen LogP contribution in [-0.4, -0.2) is 46.7 Å². The zero-order valence-electron chi connectivity index (χ0n) is 19.0. The van der Waals surface area contributed by atoms with Crippen molar-refractivity contribution >= 4 is 23.4 Å². The molecular weight excluding hydrogens is 428 g/mol. The highest BCUT2D eigenvalue weighted by Crippen LogP contribution is 2.28. The first-order valence-electron chi connectivity index (χ1n) is 11.8. The highest BCUT2D eigenvalue weighted by atomic mass is 16.2. The number of nitrogens with two attached hydrogens (primary N) is 1. The normalized spacial score (nSPS) is 21.1. The van der Waals surface area contributed by atoms with Gasteiger partial charge in [0.2, 0.25) is 11.8 Å². The van der Waals surface area contributed by atoms with E-state index in [0.29, 0.717) is 24.4 Å². The Labute approximate surface area is 199 Å². The summed E-state index contributed by atoms with van der Waals surface area (Å²) in [5.74, 6) is 6.26. The van der Waals surface area contributed by atoms with E-state index < -0.39 is 6.04 Å². The van der Waals surface area contributed by atoms with Gasteiger partial charge in [-0.2, -0.15) is 0 Å². The van der Waals surface area contributed by atoms with Gasteiger partial charge in [-0.1, -0.05) is 24.0 Å². The van der Waals surface area contributed by atoms with Crippen LogP contribution < -0.4 is 11.1 Å². The minimum atomic E-state index is -0.592. The van der Waals surface area contributed by atoms with Gasteiger partial charge in [0.15, 0.2) is 0 Å². The molecule has 5 rings (SSSR count). The Morgan fingerprint density at radius 3 is 2.50 bits per heavy atom. The van der Waals surface area contributed by atoms with Crippen molar-refractivity contribution in [1.29, 1.82) is 0 Å². The van der Waals surface area contributed by atoms with Crippen molar-refractivity contribution in [1.82, 2.24) is 15.1 Å². The van der Waals surface area contributed by atoms with Crippen LogP contribution in [0.25, 0.3) is 0 Å². The van der Waals surface area contributed by atoms with Crippen LogP contribution in [0, 0.1) is 17.8 Å². The number of rotatable bonds is 3. The maximum atomic E-state index is 12.8. The first-order chi connectivity index (χ1) is 16.5. The van der Waals surface area contributed by atoms with Gasteiger partial charge in [-0.15, -0.1) is 0 Å². The predicted molar refractivity (Wildman–Crippen MR) is 128 cm³/mol. The number of amides is 3. The SMILES string of the molecule is Nc1ccc(CN2CCC(C#Cc3ccc4c(c3)CN(C3CCC(=O)NC3=O)C4=O)CC2)cc1. The summed E-state index contributed by atoms with van der Waals surface area (Å²) in [4.78, 5) is 40.5. The highest BCUT2D eigenvalue weighted by Gasteiger charge is 2.39. The number of nitrogens with one attached hydrogen (secondary N) is 1. The molecule has 7 nitrogen and oxygen atoms in total. The predicted octanol–water partition coefficient (Wildman–Crippen LogP) is 2.29. The molecule has 34 heavy (non-hydrogen) atoms. The minimum Gasteiger partial charge on any atom is -0.399 e. The van der Waals surface area contributed by atoms with E-state index in [2.05, 4.69) is 34.2 Å². The first-order valence-corrected chi connectivity index (χ1v) is 11.8. The molecule has 0 saturated carbocycles. The Hall–Kier alpha value is -3.63. The fourth-order valence-corrected chi connectivity index (χ4v) is 4.95. The molecule has 0 bridgehead atoms. The van der Waals surface area contributed by atoms with Crippen LogP contribution in [0.5, 0.6) is 0 Å². The fourth-order valence-electron chi connectivity index (χ4n) is 4.95. The van der Waals surface area contributed by atoms with Crippen LogP contribution in [0.3, 0.4) is 0 Å². The third-order valence-electron chi connectivity index (χ3n) is 6.92. The third kappa shape index (κ3) is 4.68. The monoisotopic (exact) mass is 456 g/mol. The number of hydrogen-bond donors (Lipinski definition) is 2. The molecule has 2 saturated heterocycles. The number of carbonyl (C=O) groups is 3. The molecule has 0 aromatic heterocycles. The topological polar surface area (TPSA) is 95.7 Å². The fraction of sp³-hybridized carbons (Fsp3) is 0.370. The Morgan fingerprint density at radius 2 is 1.76 bits per heavy atom. The van der Waals surface area contributed by atoms with Crippen molar-refractivity contribution in [2.24, 2.45) is 5.92 Å². The molecule has 1 atom stereocenters. The Bertz CT molecular complexity index is 1190. The number of benzene rings is 2. The third-order valence-corrected chi connectivity index (χ3v) is 6.92. The number of hydrogen-bond acceptors (Lipinski definition) is 5. The summed E-state index contributed by atoms with van der Waals surface area (Å²) in [7, 11) is 0. The quantitative estimate of drug-likeness (QED) is 0.420. The van der Waals surface area contributed by atoms with Crippen LogP contribution in [-0.2, 0) is 22.7 Å². The molecule has 3 amide bonds. The number of fused-ring (bicyclic) bond motifs is 1. The Morgan fingerprint density at radius 1 is 1.00 bits per heavy atom. The van der Waals surface area contributed by atoms with E-state index in [4.69, 9.17) is 5.73 Å². The number of nitrogens with zero attached hydrogens (tertiary/aromatic N) is 2. The van der Waals surface area contributed by atoms with E-state index in [-0.39, 0.29) is 24.1 Å². The standard InChI is InChI=1S/C27H28N4O3/c28-22-6-3-20(4-7-22)16-30-13-11-18(12-14-30)1-2-19-5-8-23-21(15-19)17-31(27(23)34)24-9-10-25(32)29-26(24)33/h3-8,15,18,24H,9-14,16-17,28H2,(H,29,32,33). The summed E-state index contributed by atoms with van der Waals surface area (Å²) >= 11 is 0. The van der Waals surface area contributed by atoms with Crippen molar-refractivity contribution in [3.05, 3.63) is 64.7 Å². The zero-order valence-corrected chi connectivity index (χ0v) is 19.0. The number of anilines is 1. The molecule has 2 aromatic carbocycles. The van der Waals surface area contributed by atoms with Crippen LogP contribution in [0.4, 0.5) is 5.69 Å². The van der Waals surface area contributed by atoms with E-state index in [1.54, 1.807) is 4.90 Å². The molecule has 7 heteroatoms. The van der Waals surface area contributed by atoms with Crippen LogP contribution in [0.15, 0.2) is 42.5 Å². The van der Waals surface area contributed by atoms with E-state index >= 15 is 0 Å². The maximum Gasteiger partial charge on any atom is 0.255 e. The second-order valence-corrected chi connectivity index (χ2v) is 9.33. The van der Waals surface area contributed by atoms with Crippen LogP contribution >= 0.6 is 0 Å². The lowest BCUT2D eigenvalue weighted by Crippen LogP contribution is -2.52. The molecule has 0 spiro atoms. The van der Waals surface area contributed by atoms with Gasteiger partial charge in [0, 0.05) is 42.2 Å². The van der Waals surface area contributed by atoms with Crippen molar-refractivity contribution in [2.75, 3.05) is 18.8 Å². The zero-order chi connectivity index (χ0) is 23.7. The maximum absolute atomic E-state index is 12.8. The number of imide groups is 1. The van der Waals surface area contributed by atoms with Crippen molar-refractivity contribution in [2.45, 2.75) is 44.8 Å². The number of piperidine rings is 2. The van der Waals surface area contributed by atoms with E-state index in [9.17, 15) is 14.4 Å². The second kappa shape index (κ2) is 9.32. The largest absolute Gasteiger partial charge is 0.399 e. The summed E-state index contributed by atoms with van der Waals surface area (Å²) in [6.07, 6.45) is 2.70. The van der Waals surface area contributed by atoms with Gasteiger partial charge in [0.05, 0.1) is 0 Å². The van der Waals surface area contributed by atoms with E-state index in [1.165, 1.54) is 5.56 Å². The molecule has 3 N–H and O–H groups in total. The van der Waals surface area contributed by atoms with Gasteiger partial charge < -0.3 is 10.6 Å². The molecule has 1 unspecified atom stereocenters. The van der Waals surface area contributed by atoms with Gasteiger partial charge in [0.25, 0.3) is 5.91 Å². The molecule has 2 aromatic rings. The van der Waals surface area contributed by atoms with Gasteiger partial charge >= 0.3 is 0 Å².